The third-order valence-corrected chi connectivity index (χ3v) is 4.97. The molecule has 4 rings (SSSR count). The van der Waals surface area contributed by atoms with Crippen LogP contribution in [0.4, 0.5) is 4.39 Å². The maximum Gasteiger partial charge on any atom is 0.251 e. The number of nitrogens with one attached hydrogen (secondary N) is 1. The summed E-state index contributed by atoms with van der Waals surface area (Å²) in [4.78, 5) is 37.7. The van der Waals surface area contributed by atoms with Crippen LogP contribution in [-0.4, -0.2) is 38.8 Å². The summed E-state index contributed by atoms with van der Waals surface area (Å²) < 4.78 is 13.8. The monoisotopic (exact) mass is 378 g/mol. The zero-order valence-corrected chi connectivity index (χ0v) is 15.1. The van der Waals surface area contributed by atoms with Crippen molar-refractivity contribution in [3.05, 3.63) is 82.3 Å². The Bertz CT molecular complexity index is 1050. The number of aromatic amines is 1. The van der Waals surface area contributed by atoms with Crippen LogP contribution in [0.5, 0.6) is 0 Å². The average molecular weight is 378 g/mol. The molecule has 0 aliphatic carbocycles. The van der Waals surface area contributed by atoms with Gasteiger partial charge in [-0.25, -0.2) is 9.37 Å². The number of H-pyrrole nitrogens is 1. The number of carbonyl (C=O) groups is 1. The molecular formula is C21H19FN4O2. The van der Waals surface area contributed by atoms with E-state index in [-0.39, 0.29) is 29.6 Å². The first kappa shape index (κ1) is 18.0. The molecule has 28 heavy (non-hydrogen) atoms. The highest BCUT2D eigenvalue weighted by molar-refractivity contribution is 5.79. The van der Waals surface area contributed by atoms with Gasteiger partial charge >= 0.3 is 0 Å². The van der Waals surface area contributed by atoms with Crippen molar-refractivity contribution in [2.45, 2.75) is 18.8 Å². The third-order valence-electron chi connectivity index (χ3n) is 4.97. The predicted octanol–water partition coefficient (Wildman–Crippen LogP) is 2.53. The smallest absolute Gasteiger partial charge is 0.251 e. The minimum Gasteiger partial charge on any atom is -0.342 e. The molecule has 1 amide bonds. The lowest BCUT2D eigenvalue weighted by Crippen LogP contribution is -2.30. The van der Waals surface area contributed by atoms with Crippen LogP contribution in [0.2, 0.25) is 0 Å². The molecule has 1 fully saturated rings. The lowest BCUT2D eigenvalue weighted by atomic mass is 10.0. The van der Waals surface area contributed by atoms with Crippen LogP contribution in [-0.2, 0) is 11.2 Å². The maximum atomic E-state index is 13.8. The Balaban J connectivity index is 1.50. The van der Waals surface area contributed by atoms with Crippen LogP contribution in [0, 0.1) is 5.82 Å². The van der Waals surface area contributed by atoms with E-state index < -0.39 is 0 Å². The fourth-order valence-electron chi connectivity index (χ4n) is 3.48. The van der Waals surface area contributed by atoms with Crippen molar-refractivity contribution in [2.24, 2.45) is 0 Å². The van der Waals surface area contributed by atoms with E-state index in [2.05, 4.69) is 15.0 Å². The first-order valence-electron chi connectivity index (χ1n) is 9.13. The van der Waals surface area contributed by atoms with Gasteiger partial charge in [-0.2, -0.15) is 0 Å². The molecule has 0 bridgehead atoms. The Morgan fingerprint density at radius 3 is 2.79 bits per heavy atom. The van der Waals surface area contributed by atoms with Crippen LogP contribution in [0.25, 0.3) is 11.4 Å². The van der Waals surface area contributed by atoms with Crippen molar-refractivity contribution in [2.75, 3.05) is 13.1 Å². The highest BCUT2D eigenvalue weighted by Crippen LogP contribution is 2.27. The number of hydrogen-bond acceptors (Lipinski definition) is 4. The summed E-state index contributed by atoms with van der Waals surface area (Å²) in [5.41, 5.74) is 1.61. The molecule has 2 aromatic heterocycles. The number of halogens is 1. The number of benzene rings is 1. The number of pyridine rings is 1. The van der Waals surface area contributed by atoms with Gasteiger partial charge in [0.2, 0.25) is 5.91 Å². The SMILES string of the molecule is O=C(Cc1ccccc1F)N1CCC(c2cc(=O)[nH]c(-c3ccncc3)n2)C1. The van der Waals surface area contributed by atoms with Gasteiger partial charge in [-0.15, -0.1) is 0 Å². The van der Waals surface area contributed by atoms with Gasteiger partial charge in [0.15, 0.2) is 0 Å². The van der Waals surface area contributed by atoms with Crippen LogP contribution >= 0.6 is 0 Å². The van der Waals surface area contributed by atoms with Crippen molar-refractivity contribution in [3.63, 3.8) is 0 Å². The quantitative estimate of drug-likeness (QED) is 0.757. The second-order valence-electron chi connectivity index (χ2n) is 6.85. The zero-order chi connectivity index (χ0) is 19.5. The van der Waals surface area contributed by atoms with Crippen molar-refractivity contribution in [1.29, 1.82) is 0 Å². The molecule has 1 aliphatic heterocycles. The zero-order valence-electron chi connectivity index (χ0n) is 15.1. The lowest BCUT2D eigenvalue weighted by molar-refractivity contribution is -0.129. The fraction of sp³-hybridized carbons (Fsp3) is 0.238. The average Bonchev–Trinajstić information content (AvgIpc) is 3.20. The van der Waals surface area contributed by atoms with E-state index in [1.807, 2.05) is 0 Å². The van der Waals surface area contributed by atoms with Crippen molar-refractivity contribution >= 4 is 5.91 Å². The van der Waals surface area contributed by atoms with Gasteiger partial charge in [0.25, 0.3) is 5.56 Å². The normalized spacial score (nSPS) is 16.3. The molecule has 0 saturated carbocycles. The van der Waals surface area contributed by atoms with Crippen LogP contribution in [0.3, 0.4) is 0 Å². The summed E-state index contributed by atoms with van der Waals surface area (Å²) in [7, 11) is 0. The minimum atomic E-state index is -0.371. The Kier molecular flexibility index (Phi) is 4.97. The summed E-state index contributed by atoms with van der Waals surface area (Å²) in [6, 6.07) is 11.4. The molecule has 0 spiro atoms. The molecule has 1 saturated heterocycles. The summed E-state index contributed by atoms with van der Waals surface area (Å²) in [5, 5.41) is 0. The Morgan fingerprint density at radius 2 is 2.00 bits per heavy atom. The molecule has 0 radical (unpaired) electrons. The van der Waals surface area contributed by atoms with E-state index in [1.165, 1.54) is 12.1 Å². The number of nitrogens with zero attached hydrogens (tertiary/aromatic N) is 3. The standard InChI is InChI=1S/C21H19FN4O2/c22-17-4-2-1-3-15(17)11-20(28)26-10-7-16(13-26)18-12-19(27)25-21(24-18)14-5-8-23-9-6-14/h1-6,8-9,12,16H,7,10-11,13H2,(H,24,25,27). The van der Waals surface area contributed by atoms with E-state index in [4.69, 9.17) is 0 Å². The van der Waals surface area contributed by atoms with Gasteiger partial charge in [-0.05, 0) is 30.2 Å². The van der Waals surface area contributed by atoms with E-state index in [9.17, 15) is 14.0 Å². The predicted molar refractivity (Wildman–Crippen MR) is 102 cm³/mol. The van der Waals surface area contributed by atoms with Gasteiger partial charge < -0.3 is 9.88 Å². The highest BCUT2D eigenvalue weighted by atomic mass is 19.1. The third kappa shape index (κ3) is 3.83. The molecule has 1 unspecified atom stereocenters. The van der Waals surface area contributed by atoms with Gasteiger partial charge in [-0.1, -0.05) is 18.2 Å². The molecule has 1 atom stereocenters. The van der Waals surface area contributed by atoms with Crippen molar-refractivity contribution < 1.29 is 9.18 Å². The van der Waals surface area contributed by atoms with E-state index in [1.54, 1.807) is 47.6 Å². The number of rotatable bonds is 4. The molecule has 142 valence electrons. The Labute approximate surface area is 161 Å². The van der Waals surface area contributed by atoms with E-state index >= 15 is 0 Å². The van der Waals surface area contributed by atoms with Gasteiger partial charge in [-0.3, -0.25) is 14.6 Å². The number of aromatic nitrogens is 3. The molecule has 3 heterocycles. The van der Waals surface area contributed by atoms with Crippen LogP contribution in [0.1, 0.15) is 23.6 Å². The second-order valence-corrected chi connectivity index (χ2v) is 6.85. The summed E-state index contributed by atoms with van der Waals surface area (Å²) >= 11 is 0. The van der Waals surface area contributed by atoms with E-state index in [0.29, 0.717) is 30.2 Å². The first-order chi connectivity index (χ1) is 13.6. The number of likely N-dealkylation sites (tertiary alicyclic amines) is 1. The summed E-state index contributed by atoms with van der Waals surface area (Å²) in [6.45, 7) is 1.04. The van der Waals surface area contributed by atoms with Crippen LogP contribution < -0.4 is 5.56 Å². The summed E-state index contributed by atoms with van der Waals surface area (Å²) in [5.74, 6) is -0.0230. The first-order valence-corrected chi connectivity index (χ1v) is 9.13. The highest BCUT2D eigenvalue weighted by Gasteiger charge is 2.29. The molecular weight excluding hydrogens is 359 g/mol. The second kappa shape index (κ2) is 7.72. The van der Waals surface area contributed by atoms with Gasteiger partial charge in [0.1, 0.15) is 11.6 Å². The number of hydrogen-bond donors (Lipinski definition) is 1. The summed E-state index contributed by atoms with van der Waals surface area (Å²) in [6.07, 6.45) is 4.03. The van der Waals surface area contributed by atoms with Gasteiger partial charge in [0, 0.05) is 43.0 Å². The fourth-order valence-corrected chi connectivity index (χ4v) is 3.48. The Hall–Kier alpha value is -3.35. The molecule has 1 aromatic carbocycles. The maximum absolute atomic E-state index is 13.8. The van der Waals surface area contributed by atoms with Crippen molar-refractivity contribution in [3.8, 4) is 11.4 Å². The van der Waals surface area contributed by atoms with Crippen molar-refractivity contribution in [1.82, 2.24) is 19.9 Å². The molecule has 7 heteroatoms. The molecule has 6 nitrogen and oxygen atoms in total. The Morgan fingerprint density at radius 1 is 1.21 bits per heavy atom. The van der Waals surface area contributed by atoms with E-state index in [0.717, 1.165) is 12.0 Å². The topological polar surface area (TPSA) is 79.0 Å². The number of carbonyl (C=O) groups excluding carboxylic acids is 1. The van der Waals surface area contributed by atoms with Gasteiger partial charge in [0.05, 0.1) is 12.1 Å². The van der Waals surface area contributed by atoms with Crippen LogP contribution in [0.15, 0.2) is 59.7 Å². The number of amides is 1. The largest absolute Gasteiger partial charge is 0.342 e. The lowest BCUT2D eigenvalue weighted by Gasteiger charge is -2.17. The molecule has 3 aromatic rings. The molecule has 1 aliphatic rings. The minimum absolute atomic E-state index is 0.0209. The molecule has 1 N–H and O–H groups in total.